The molecule has 0 atom stereocenters. The summed E-state index contributed by atoms with van der Waals surface area (Å²) in [5.74, 6) is -1.64. The lowest BCUT2D eigenvalue weighted by molar-refractivity contribution is -0.147. The summed E-state index contributed by atoms with van der Waals surface area (Å²) in [6, 6.07) is 0. The molecular weight excluding hydrogens is 172 g/mol. The second kappa shape index (κ2) is 3.95. The Morgan fingerprint density at radius 2 is 1.92 bits per heavy atom. The number of rotatable bonds is 3. The molecule has 0 saturated carbocycles. The molecule has 1 aliphatic heterocycles. The fourth-order valence-electron chi connectivity index (χ4n) is 0.957. The Morgan fingerprint density at radius 1 is 1.38 bits per heavy atom. The predicted molar refractivity (Wildman–Crippen MR) is 44.5 cm³/mol. The third-order valence-electron chi connectivity index (χ3n) is 1.58. The lowest BCUT2D eigenvalue weighted by Gasteiger charge is -2.11. The average molecular weight is 182 g/mol. The zero-order chi connectivity index (χ0) is 9.84. The number of nitrogens with one attached hydrogen (secondary N) is 1. The number of carbonyl (C=O) groups is 3. The van der Waals surface area contributed by atoms with Gasteiger partial charge in [-0.3, -0.25) is 14.4 Å². The van der Waals surface area contributed by atoms with Crippen LogP contribution < -0.4 is 5.32 Å². The van der Waals surface area contributed by atoms with Crippen molar-refractivity contribution in [3.63, 3.8) is 0 Å². The molecule has 70 valence electrons. The first kappa shape index (κ1) is 9.60. The Morgan fingerprint density at radius 3 is 2.38 bits per heavy atom. The van der Waals surface area contributed by atoms with Crippen LogP contribution in [0.1, 0.15) is 6.92 Å². The number of imide groups is 3. The summed E-state index contributed by atoms with van der Waals surface area (Å²) in [6.45, 7) is 2.46. The Balaban J connectivity index is 2.57. The van der Waals surface area contributed by atoms with E-state index in [4.69, 9.17) is 0 Å². The van der Waals surface area contributed by atoms with Crippen molar-refractivity contribution in [2.24, 2.45) is 0 Å². The van der Waals surface area contributed by atoms with E-state index in [1.165, 1.54) is 0 Å². The van der Waals surface area contributed by atoms with Crippen molar-refractivity contribution in [1.29, 1.82) is 0 Å². The van der Waals surface area contributed by atoms with Crippen LogP contribution >= 0.6 is 0 Å². The molecular formula is C8H10N2O3. The van der Waals surface area contributed by atoms with Gasteiger partial charge < -0.3 is 5.32 Å². The Kier molecular flexibility index (Phi) is 2.92. The predicted octanol–water partition coefficient (Wildman–Crippen LogP) is -0.953. The summed E-state index contributed by atoms with van der Waals surface area (Å²) in [5, 5.41) is 2.74. The van der Waals surface area contributed by atoms with Crippen molar-refractivity contribution < 1.29 is 14.4 Å². The van der Waals surface area contributed by atoms with Crippen LogP contribution in [0.25, 0.3) is 0 Å². The molecule has 13 heavy (non-hydrogen) atoms. The van der Waals surface area contributed by atoms with Gasteiger partial charge in [0.05, 0.1) is 6.54 Å². The smallest absolute Gasteiger partial charge is 0.260 e. The van der Waals surface area contributed by atoms with Gasteiger partial charge in [0.1, 0.15) is 0 Å². The summed E-state index contributed by atoms with van der Waals surface area (Å²) in [7, 11) is 0. The molecule has 3 amide bonds. The number of amides is 3. The standard InChI is InChI=1S/C8H10N2O3/c1-2-9-5-8(13)10-6(11)3-4-7(10)12/h3-4,9H,2,5H2,1H3. The summed E-state index contributed by atoms with van der Waals surface area (Å²) in [5.41, 5.74) is 0. The summed E-state index contributed by atoms with van der Waals surface area (Å²) >= 11 is 0. The van der Waals surface area contributed by atoms with E-state index in [0.717, 1.165) is 12.2 Å². The van der Waals surface area contributed by atoms with Gasteiger partial charge in [-0.05, 0) is 6.54 Å². The SMILES string of the molecule is CCNCC(=O)N1C(=O)C=CC1=O. The first-order valence-corrected chi connectivity index (χ1v) is 3.96. The second-order valence-corrected chi connectivity index (χ2v) is 2.52. The van der Waals surface area contributed by atoms with Crippen molar-refractivity contribution in [3.8, 4) is 0 Å². The monoisotopic (exact) mass is 182 g/mol. The van der Waals surface area contributed by atoms with Gasteiger partial charge in [-0.25, -0.2) is 4.90 Å². The molecule has 0 fully saturated rings. The van der Waals surface area contributed by atoms with Crippen LogP contribution in [0.15, 0.2) is 12.2 Å². The normalized spacial score (nSPS) is 15.6. The number of carbonyl (C=O) groups excluding carboxylic acids is 3. The van der Waals surface area contributed by atoms with Crippen molar-refractivity contribution >= 4 is 17.7 Å². The number of nitrogens with zero attached hydrogens (tertiary/aromatic N) is 1. The van der Waals surface area contributed by atoms with E-state index in [1.807, 2.05) is 6.92 Å². The molecule has 5 heteroatoms. The molecule has 5 nitrogen and oxygen atoms in total. The van der Waals surface area contributed by atoms with Crippen LogP contribution in [-0.4, -0.2) is 35.7 Å². The van der Waals surface area contributed by atoms with Gasteiger partial charge in [0.15, 0.2) is 0 Å². The Labute approximate surface area is 75.4 Å². The van der Waals surface area contributed by atoms with Crippen LogP contribution in [0.2, 0.25) is 0 Å². The van der Waals surface area contributed by atoms with Crippen molar-refractivity contribution in [2.45, 2.75) is 6.92 Å². The van der Waals surface area contributed by atoms with Crippen LogP contribution in [0, 0.1) is 0 Å². The molecule has 0 unspecified atom stereocenters. The van der Waals surface area contributed by atoms with Gasteiger partial charge in [-0.2, -0.15) is 0 Å². The lowest BCUT2D eigenvalue weighted by atomic mass is 10.4. The minimum atomic E-state index is -0.562. The molecule has 1 heterocycles. The largest absolute Gasteiger partial charge is 0.309 e. The van der Waals surface area contributed by atoms with E-state index < -0.39 is 17.7 Å². The lowest BCUT2D eigenvalue weighted by Crippen LogP contribution is -2.41. The fourth-order valence-corrected chi connectivity index (χ4v) is 0.957. The maximum Gasteiger partial charge on any atom is 0.260 e. The third-order valence-corrected chi connectivity index (χ3v) is 1.58. The molecule has 0 spiro atoms. The minimum absolute atomic E-state index is 0.00958. The molecule has 0 aliphatic carbocycles. The first-order chi connectivity index (χ1) is 6.16. The molecule has 0 aromatic heterocycles. The average Bonchev–Trinajstić information content (AvgIpc) is 2.42. The Bertz CT molecular complexity index is 265. The van der Waals surface area contributed by atoms with Gasteiger partial charge in [0.2, 0.25) is 5.91 Å². The highest BCUT2D eigenvalue weighted by Gasteiger charge is 2.29. The maximum atomic E-state index is 11.2. The zero-order valence-electron chi connectivity index (χ0n) is 7.24. The van der Waals surface area contributed by atoms with Crippen LogP contribution in [0.3, 0.4) is 0 Å². The highest BCUT2D eigenvalue weighted by atomic mass is 16.2. The Hall–Kier alpha value is -1.49. The quantitative estimate of drug-likeness (QED) is 0.571. The molecule has 0 aromatic rings. The highest BCUT2D eigenvalue weighted by Crippen LogP contribution is 2.02. The number of hydrogen-bond acceptors (Lipinski definition) is 4. The van der Waals surface area contributed by atoms with E-state index >= 15 is 0 Å². The van der Waals surface area contributed by atoms with Crippen LogP contribution in [0.4, 0.5) is 0 Å². The van der Waals surface area contributed by atoms with Gasteiger partial charge in [-0.15, -0.1) is 0 Å². The first-order valence-electron chi connectivity index (χ1n) is 3.96. The molecule has 1 N–H and O–H groups in total. The van der Waals surface area contributed by atoms with Gasteiger partial charge >= 0.3 is 0 Å². The molecule has 0 bridgehead atoms. The van der Waals surface area contributed by atoms with Crippen molar-refractivity contribution in [1.82, 2.24) is 10.2 Å². The van der Waals surface area contributed by atoms with Gasteiger partial charge in [0, 0.05) is 12.2 Å². The van der Waals surface area contributed by atoms with E-state index in [-0.39, 0.29) is 6.54 Å². The zero-order valence-corrected chi connectivity index (χ0v) is 7.24. The number of likely N-dealkylation sites (N-methyl/N-ethyl adjacent to an activating group) is 1. The molecule has 0 saturated heterocycles. The molecule has 0 radical (unpaired) electrons. The van der Waals surface area contributed by atoms with E-state index in [0.29, 0.717) is 11.4 Å². The second-order valence-electron chi connectivity index (χ2n) is 2.52. The molecule has 1 rings (SSSR count). The van der Waals surface area contributed by atoms with E-state index in [1.54, 1.807) is 0 Å². The van der Waals surface area contributed by atoms with Gasteiger partial charge in [0.25, 0.3) is 11.8 Å². The van der Waals surface area contributed by atoms with E-state index in [9.17, 15) is 14.4 Å². The minimum Gasteiger partial charge on any atom is -0.309 e. The van der Waals surface area contributed by atoms with Crippen molar-refractivity contribution in [2.75, 3.05) is 13.1 Å². The molecule has 0 aromatic carbocycles. The maximum absolute atomic E-state index is 11.2. The summed E-state index contributed by atoms with van der Waals surface area (Å²) in [4.78, 5) is 33.8. The van der Waals surface area contributed by atoms with Crippen molar-refractivity contribution in [3.05, 3.63) is 12.2 Å². The van der Waals surface area contributed by atoms with Gasteiger partial charge in [-0.1, -0.05) is 6.92 Å². The summed E-state index contributed by atoms with van der Waals surface area (Å²) in [6.07, 6.45) is 2.18. The highest BCUT2D eigenvalue weighted by molar-refractivity contribution is 6.22. The molecule has 1 aliphatic rings. The van der Waals surface area contributed by atoms with E-state index in [2.05, 4.69) is 5.32 Å². The third kappa shape index (κ3) is 2.00. The van der Waals surface area contributed by atoms with Crippen LogP contribution in [-0.2, 0) is 14.4 Å². The van der Waals surface area contributed by atoms with Crippen LogP contribution in [0.5, 0.6) is 0 Å². The fraction of sp³-hybridized carbons (Fsp3) is 0.375. The topological polar surface area (TPSA) is 66.5 Å². The summed E-state index contributed by atoms with van der Waals surface area (Å²) < 4.78 is 0. The number of hydrogen-bond donors (Lipinski definition) is 1.